The molecule has 0 aliphatic heterocycles. The Balaban J connectivity index is -0.000000119. The zero-order chi connectivity index (χ0) is 19.3. The second-order valence-electron chi connectivity index (χ2n) is 4.83. The molecule has 4 N–H and O–H groups in total. The second kappa shape index (κ2) is 43.4. The van der Waals surface area contributed by atoms with Crippen molar-refractivity contribution in [2.75, 3.05) is 52.9 Å². The van der Waals surface area contributed by atoms with Gasteiger partial charge in [0.15, 0.2) is 0 Å². The van der Waals surface area contributed by atoms with Crippen molar-refractivity contribution >= 4 is 0 Å². The molecule has 6 heteroatoms. The fraction of sp³-hybridized carbons (Fsp3) is 1.00. The summed E-state index contributed by atoms with van der Waals surface area (Å²) >= 11 is 0. The summed E-state index contributed by atoms with van der Waals surface area (Å²) in [7, 11) is 0. The molecule has 0 unspecified atom stereocenters. The highest BCUT2D eigenvalue weighted by Gasteiger charge is 1.84. The minimum absolute atomic E-state index is 0.0278. The van der Waals surface area contributed by atoms with Gasteiger partial charge < -0.3 is 29.9 Å². The van der Waals surface area contributed by atoms with Gasteiger partial charge in [0.1, 0.15) is 0 Å². The normalized spacial score (nSPS) is 9.00. The van der Waals surface area contributed by atoms with Gasteiger partial charge >= 0.3 is 0 Å². The van der Waals surface area contributed by atoms with E-state index in [4.69, 9.17) is 25.2 Å². The van der Waals surface area contributed by atoms with Crippen molar-refractivity contribution in [2.45, 2.75) is 66.2 Å². The van der Waals surface area contributed by atoms with E-state index in [9.17, 15) is 0 Å². The Bertz CT molecular complexity index is 129. The SMILES string of the molecule is CCCC.CCCCOCCCC.OCCO.OCCOCCO. The quantitative estimate of drug-likeness (QED) is 0.401. The van der Waals surface area contributed by atoms with Crippen molar-refractivity contribution in [2.24, 2.45) is 0 Å². The van der Waals surface area contributed by atoms with Crippen molar-refractivity contribution in [1.82, 2.24) is 0 Å². The van der Waals surface area contributed by atoms with Crippen LogP contribution < -0.4 is 0 Å². The summed E-state index contributed by atoms with van der Waals surface area (Å²) in [5.41, 5.74) is 0. The Morgan fingerprint density at radius 2 is 0.792 bits per heavy atom. The highest BCUT2D eigenvalue weighted by molar-refractivity contribution is 4.33. The molecule has 0 aromatic heterocycles. The number of hydrogen-bond acceptors (Lipinski definition) is 6. The van der Waals surface area contributed by atoms with Crippen LogP contribution in [-0.4, -0.2) is 73.3 Å². The maximum Gasteiger partial charge on any atom is 0.0698 e. The lowest BCUT2D eigenvalue weighted by atomic mass is 10.3. The van der Waals surface area contributed by atoms with Gasteiger partial charge in [-0.2, -0.15) is 0 Å². The monoisotopic (exact) mass is 356 g/mol. The molecule has 0 aliphatic rings. The predicted octanol–water partition coefficient (Wildman–Crippen LogP) is 2.37. The molecule has 0 aromatic rings. The van der Waals surface area contributed by atoms with E-state index < -0.39 is 0 Å². The molecule has 0 radical (unpaired) electrons. The van der Waals surface area contributed by atoms with Gasteiger partial charge in [-0.05, 0) is 12.8 Å². The average Bonchev–Trinajstić information content (AvgIpc) is 2.63. The van der Waals surface area contributed by atoms with Crippen LogP contribution >= 0.6 is 0 Å². The topological polar surface area (TPSA) is 99.4 Å². The molecule has 24 heavy (non-hydrogen) atoms. The zero-order valence-corrected chi connectivity index (χ0v) is 16.5. The van der Waals surface area contributed by atoms with Crippen LogP contribution in [0, 0.1) is 0 Å². The van der Waals surface area contributed by atoms with Gasteiger partial charge in [0.25, 0.3) is 0 Å². The van der Waals surface area contributed by atoms with Crippen LogP contribution in [0.1, 0.15) is 66.2 Å². The zero-order valence-electron chi connectivity index (χ0n) is 16.5. The third-order valence-corrected chi connectivity index (χ3v) is 2.36. The van der Waals surface area contributed by atoms with Crippen molar-refractivity contribution in [3.05, 3.63) is 0 Å². The number of ether oxygens (including phenoxy) is 2. The van der Waals surface area contributed by atoms with Crippen LogP contribution in [0.2, 0.25) is 0 Å². The van der Waals surface area contributed by atoms with E-state index in [2.05, 4.69) is 32.4 Å². The van der Waals surface area contributed by atoms with E-state index in [0.29, 0.717) is 13.2 Å². The Labute approximate surface area is 149 Å². The maximum atomic E-state index is 8.09. The lowest BCUT2D eigenvalue weighted by molar-refractivity contribution is 0.0650. The van der Waals surface area contributed by atoms with Gasteiger partial charge in [0, 0.05) is 13.2 Å². The fourth-order valence-corrected chi connectivity index (χ4v) is 0.826. The number of unbranched alkanes of at least 4 members (excludes halogenated alkanes) is 3. The van der Waals surface area contributed by atoms with E-state index >= 15 is 0 Å². The van der Waals surface area contributed by atoms with Gasteiger partial charge in [-0.3, -0.25) is 0 Å². The first-order valence-electron chi connectivity index (χ1n) is 9.25. The van der Waals surface area contributed by atoms with Crippen LogP contribution in [0.25, 0.3) is 0 Å². The Kier molecular flexibility index (Phi) is 57.0. The largest absolute Gasteiger partial charge is 0.394 e. The molecule has 6 nitrogen and oxygen atoms in total. The fourth-order valence-electron chi connectivity index (χ4n) is 0.826. The minimum Gasteiger partial charge on any atom is -0.394 e. The van der Waals surface area contributed by atoms with Crippen molar-refractivity contribution in [3.8, 4) is 0 Å². The molecule has 152 valence electrons. The van der Waals surface area contributed by atoms with Crippen LogP contribution in [0.4, 0.5) is 0 Å². The summed E-state index contributed by atoms with van der Waals surface area (Å²) in [6, 6.07) is 0. The second-order valence-corrected chi connectivity index (χ2v) is 4.83. The van der Waals surface area contributed by atoms with Gasteiger partial charge in [-0.25, -0.2) is 0 Å². The van der Waals surface area contributed by atoms with Gasteiger partial charge in [0.2, 0.25) is 0 Å². The standard InChI is InChI=1S/C8H18O.C4H10O3.C4H10.C2H6O2/c1-3-5-7-9-8-6-4-2;5-1-3-7-4-2-6;1-3-4-2;3-1-2-4/h3-8H2,1-2H3;5-6H,1-4H2;3-4H2,1-2H3;3-4H,1-2H2. The van der Waals surface area contributed by atoms with Crippen LogP contribution in [0.15, 0.2) is 0 Å². The maximum absolute atomic E-state index is 8.09. The van der Waals surface area contributed by atoms with E-state index in [-0.39, 0.29) is 26.4 Å². The van der Waals surface area contributed by atoms with Crippen molar-refractivity contribution < 1.29 is 29.9 Å². The molecule has 0 bridgehead atoms. The number of hydrogen-bond donors (Lipinski definition) is 4. The van der Waals surface area contributed by atoms with Crippen molar-refractivity contribution in [1.29, 1.82) is 0 Å². The molecule has 0 saturated heterocycles. The Morgan fingerprint density at radius 1 is 0.458 bits per heavy atom. The first-order valence-corrected chi connectivity index (χ1v) is 9.25. The number of aliphatic hydroxyl groups excluding tert-OH is 4. The summed E-state index contributed by atoms with van der Waals surface area (Å²) < 4.78 is 9.95. The van der Waals surface area contributed by atoms with Crippen LogP contribution in [0.5, 0.6) is 0 Å². The first kappa shape index (κ1) is 31.5. The van der Waals surface area contributed by atoms with E-state index in [1.165, 1.54) is 38.5 Å². The molecule has 0 amide bonds. The van der Waals surface area contributed by atoms with Gasteiger partial charge in [-0.15, -0.1) is 0 Å². The van der Waals surface area contributed by atoms with Crippen molar-refractivity contribution in [3.63, 3.8) is 0 Å². The summed E-state index contributed by atoms with van der Waals surface area (Å²) in [6.07, 6.45) is 7.55. The molecular weight excluding hydrogens is 312 g/mol. The average molecular weight is 357 g/mol. The number of rotatable bonds is 12. The highest BCUT2D eigenvalue weighted by atomic mass is 16.5. The first-order chi connectivity index (χ1) is 11.7. The summed E-state index contributed by atoms with van der Waals surface area (Å²) in [5, 5.41) is 31.4. The Morgan fingerprint density at radius 3 is 1.00 bits per heavy atom. The van der Waals surface area contributed by atoms with Gasteiger partial charge in [0.05, 0.1) is 39.6 Å². The molecule has 0 aliphatic carbocycles. The Hall–Kier alpha value is -0.240. The molecule has 0 heterocycles. The molecule has 0 fully saturated rings. The summed E-state index contributed by atoms with van der Waals surface area (Å²) in [4.78, 5) is 0. The lowest BCUT2D eigenvalue weighted by Gasteiger charge is -1.99. The summed E-state index contributed by atoms with van der Waals surface area (Å²) in [5.74, 6) is 0. The predicted molar refractivity (Wildman–Crippen MR) is 100 cm³/mol. The lowest BCUT2D eigenvalue weighted by Crippen LogP contribution is -2.03. The number of aliphatic hydroxyl groups is 4. The summed E-state index contributed by atoms with van der Waals surface area (Å²) in [6.45, 7) is 11.1. The van der Waals surface area contributed by atoms with E-state index in [0.717, 1.165) is 13.2 Å². The third-order valence-electron chi connectivity index (χ3n) is 2.36. The van der Waals surface area contributed by atoms with Crippen LogP contribution in [0.3, 0.4) is 0 Å². The van der Waals surface area contributed by atoms with E-state index in [1.54, 1.807) is 0 Å². The molecule has 0 spiro atoms. The third kappa shape index (κ3) is 67.8. The minimum atomic E-state index is -0.125. The highest BCUT2D eigenvalue weighted by Crippen LogP contribution is 1.91. The van der Waals surface area contributed by atoms with Gasteiger partial charge in [-0.1, -0.05) is 53.4 Å². The molecular formula is C18H44O6. The van der Waals surface area contributed by atoms with E-state index in [1.807, 2.05) is 0 Å². The molecule has 0 atom stereocenters. The van der Waals surface area contributed by atoms with Crippen LogP contribution in [-0.2, 0) is 9.47 Å². The molecule has 0 rings (SSSR count). The molecule has 0 aromatic carbocycles. The molecule has 0 saturated carbocycles. The smallest absolute Gasteiger partial charge is 0.0698 e.